The molecule has 0 saturated heterocycles. The molecule has 0 aliphatic rings. The van der Waals surface area contributed by atoms with Gasteiger partial charge in [-0.1, -0.05) is 0 Å². The van der Waals surface area contributed by atoms with E-state index in [4.69, 9.17) is 10.0 Å². The van der Waals surface area contributed by atoms with Gasteiger partial charge in [0.2, 0.25) is 0 Å². The van der Waals surface area contributed by atoms with Gasteiger partial charge in [-0.05, 0) is 11.5 Å². The Morgan fingerprint density at radius 2 is 2.00 bits per heavy atom. The highest BCUT2D eigenvalue weighted by atomic mass is 19.1. The topological polar surface area (TPSA) is 83.6 Å². The van der Waals surface area contributed by atoms with Gasteiger partial charge >= 0.3 is 7.12 Å². The summed E-state index contributed by atoms with van der Waals surface area (Å²) >= 11 is 0. The summed E-state index contributed by atoms with van der Waals surface area (Å²) in [5, 5.41) is 27.4. The van der Waals surface area contributed by atoms with Gasteiger partial charge in [-0.25, -0.2) is 4.39 Å². The molecule has 5 nitrogen and oxygen atoms in total. The maximum atomic E-state index is 12.6. The van der Waals surface area contributed by atoms with Crippen LogP contribution in [0.15, 0.2) is 18.2 Å². The van der Waals surface area contributed by atoms with Crippen LogP contribution in [-0.2, 0) is 0 Å². The summed E-state index contributed by atoms with van der Waals surface area (Å²) in [5.74, 6) is -0.878. The minimum Gasteiger partial charge on any atom is -0.423 e. The number of rotatable bonds is 2. The van der Waals surface area contributed by atoms with Gasteiger partial charge in [0.1, 0.15) is 5.82 Å². The Labute approximate surface area is 72.7 Å². The predicted molar refractivity (Wildman–Crippen MR) is 42.9 cm³/mol. The molecular formula is C6H5BFNO4. The fourth-order valence-electron chi connectivity index (χ4n) is 0.851. The summed E-state index contributed by atoms with van der Waals surface area (Å²) < 4.78 is 12.6. The Kier molecular flexibility index (Phi) is 2.59. The number of halogens is 1. The van der Waals surface area contributed by atoms with E-state index in [0.717, 1.165) is 12.1 Å². The van der Waals surface area contributed by atoms with Crippen molar-refractivity contribution in [2.75, 3.05) is 0 Å². The first kappa shape index (κ1) is 9.62. The molecule has 0 spiro atoms. The van der Waals surface area contributed by atoms with Crippen molar-refractivity contribution in [2.24, 2.45) is 0 Å². The van der Waals surface area contributed by atoms with E-state index in [1.165, 1.54) is 0 Å². The molecule has 0 heterocycles. The lowest BCUT2D eigenvalue weighted by Crippen LogP contribution is -2.30. The predicted octanol–water partition coefficient (Wildman–Crippen LogP) is -0.586. The minimum atomic E-state index is -1.91. The number of nitrogens with zero attached hydrogens (tertiary/aromatic N) is 1. The van der Waals surface area contributed by atoms with Gasteiger partial charge < -0.3 is 10.0 Å². The largest absolute Gasteiger partial charge is 0.488 e. The van der Waals surface area contributed by atoms with Crippen LogP contribution in [0, 0.1) is 15.9 Å². The zero-order valence-electron chi connectivity index (χ0n) is 6.35. The Bertz CT molecular complexity index is 343. The summed E-state index contributed by atoms with van der Waals surface area (Å²) in [6.45, 7) is 0. The summed E-state index contributed by atoms with van der Waals surface area (Å²) in [7, 11) is -1.91. The summed E-state index contributed by atoms with van der Waals surface area (Å²) in [4.78, 5) is 9.39. The number of hydrogen-bond donors (Lipinski definition) is 2. The van der Waals surface area contributed by atoms with Gasteiger partial charge in [0.25, 0.3) is 5.69 Å². The van der Waals surface area contributed by atoms with Crippen molar-refractivity contribution in [3.63, 3.8) is 0 Å². The molecule has 0 amide bonds. The molecule has 0 aromatic heterocycles. The second-order valence-corrected chi connectivity index (χ2v) is 2.37. The van der Waals surface area contributed by atoms with Gasteiger partial charge in [-0.2, -0.15) is 0 Å². The minimum absolute atomic E-state index is 0.244. The Hall–Kier alpha value is -1.47. The lowest BCUT2D eigenvalue weighted by molar-refractivity contribution is -0.385. The van der Waals surface area contributed by atoms with Crippen LogP contribution < -0.4 is 5.46 Å². The fraction of sp³-hybridized carbons (Fsp3) is 0. The number of nitro groups is 1. The normalized spacial score (nSPS) is 9.77. The average Bonchev–Trinajstić information content (AvgIpc) is 2.03. The smallest absolute Gasteiger partial charge is 0.423 e. The molecule has 0 unspecified atom stereocenters. The average molecular weight is 185 g/mol. The third kappa shape index (κ3) is 2.23. The SMILES string of the molecule is O=[N+]([O-])c1cc(F)cc(B(O)O)c1. The van der Waals surface area contributed by atoms with Crippen molar-refractivity contribution in [2.45, 2.75) is 0 Å². The van der Waals surface area contributed by atoms with Crippen molar-refractivity contribution >= 4 is 18.3 Å². The van der Waals surface area contributed by atoms with Gasteiger partial charge in [0.05, 0.1) is 11.0 Å². The maximum absolute atomic E-state index is 12.6. The van der Waals surface area contributed by atoms with Crippen molar-refractivity contribution in [3.8, 4) is 0 Å². The van der Waals surface area contributed by atoms with E-state index in [1.54, 1.807) is 0 Å². The third-order valence-electron chi connectivity index (χ3n) is 1.41. The zero-order valence-corrected chi connectivity index (χ0v) is 6.35. The highest BCUT2D eigenvalue weighted by Gasteiger charge is 2.17. The number of hydrogen-bond acceptors (Lipinski definition) is 4. The number of nitro benzene ring substituents is 1. The number of non-ortho nitro benzene ring substituents is 1. The lowest BCUT2D eigenvalue weighted by atomic mass is 9.80. The molecule has 1 rings (SSSR count). The molecule has 13 heavy (non-hydrogen) atoms. The molecule has 1 aromatic rings. The van der Waals surface area contributed by atoms with Gasteiger partial charge in [0.15, 0.2) is 0 Å². The first-order valence-electron chi connectivity index (χ1n) is 3.31. The quantitative estimate of drug-likeness (QED) is 0.366. The van der Waals surface area contributed by atoms with E-state index in [2.05, 4.69) is 0 Å². The molecule has 0 saturated carbocycles. The second-order valence-electron chi connectivity index (χ2n) is 2.37. The first-order valence-corrected chi connectivity index (χ1v) is 3.31. The van der Waals surface area contributed by atoms with Crippen molar-refractivity contribution in [1.82, 2.24) is 0 Å². The van der Waals surface area contributed by atoms with Crippen molar-refractivity contribution in [3.05, 3.63) is 34.1 Å². The van der Waals surface area contributed by atoms with Gasteiger partial charge in [-0.3, -0.25) is 10.1 Å². The summed E-state index contributed by atoms with van der Waals surface area (Å²) in [6.07, 6.45) is 0. The zero-order chi connectivity index (χ0) is 10.0. The summed E-state index contributed by atoms with van der Waals surface area (Å²) in [6, 6.07) is 2.41. The van der Waals surface area contributed by atoms with Crippen LogP contribution in [0.25, 0.3) is 0 Å². The molecule has 0 atom stereocenters. The van der Waals surface area contributed by atoms with Gasteiger partial charge in [-0.15, -0.1) is 0 Å². The van der Waals surface area contributed by atoms with E-state index in [0.29, 0.717) is 6.07 Å². The van der Waals surface area contributed by atoms with Crippen LogP contribution in [0.1, 0.15) is 0 Å². The Morgan fingerprint density at radius 3 is 2.46 bits per heavy atom. The third-order valence-corrected chi connectivity index (χ3v) is 1.41. The van der Waals surface area contributed by atoms with Crippen LogP contribution in [0.4, 0.5) is 10.1 Å². The summed E-state index contributed by atoms with van der Waals surface area (Å²) in [5.41, 5.74) is -0.755. The van der Waals surface area contributed by atoms with Crippen molar-refractivity contribution < 1.29 is 19.4 Å². The molecule has 1 aromatic carbocycles. The number of benzene rings is 1. The standard InChI is InChI=1S/C6H5BFNO4/c8-5-1-4(7(10)11)2-6(3-5)9(12)13/h1-3,10-11H. The molecule has 2 N–H and O–H groups in total. The Morgan fingerprint density at radius 1 is 1.38 bits per heavy atom. The van der Waals surface area contributed by atoms with E-state index >= 15 is 0 Å². The highest BCUT2D eigenvalue weighted by molar-refractivity contribution is 6.58. The van der Waals surface area contributed by atoms with Crippen LogP contribution >= 0.6 is 0 Å². The van der Waals surface area contributed by atoms with Crippen LogP contribution in [0.3, 0.4) is 0 Å². The molecule has 0 aliphatic carbocycles. The van der Waals surface area contributed by atoms with E-state index in [1.807, 2.05) is 0 Å². The molecular weight excluding hydrogens is 180 g/mol. The van der Waals surface area contributed by atoms with E-state index < -0.39 is 23.5 Å². The fourth-order valence-corrected chi connectivity index (χ4v) is 0.851. The monoisotopic (exact) mass is 185 g/mol. The van der Waals surface area contributed by atoms with E-state index in [-0.39, 0.29) is 5.46 Å². The molecule has 0 bridgehead atoms. The molecule has 0 radical (unpaired) electrons. The van der Waals surface area contributed by atoms with Crippen LogP contribution in [0.5, 0.6) is 0 Å². The molecule has 68 valence electrons. The second kappa shape index (κ2) is 3.50. The first-order chi connectivity index (χ1) is 6.00. The molecule has 7 heteroatoms. The lowest BCUT2D eigenvalue weighted by Gasteiger charge is -1.98. The van der Waals surface area contributed by atoms with E-state index in [9.17, 15) is 14.5 Å². The van der Waals surface area contributed by atoms with Gasteiger partial charge in [0, 0.05) is 6.07 Å². The van der Waals surface area contributed by atoms with Crippen molar-refractivity contribution in [1.29, 1.82) is 0 Å². The molecule has 0 aliphatic heterocycles. The van der Waals surface area contributed by atoms with Crippen LogP contribution in [-0.4, -0.2) is 22.1 Å². The maximum Gasteiger partial charge on any atom is 0.488 e. The molecule has 0 fully saturated rings. The highest BCUT2D eigenvalue weighted by Crippen LogP contribution is 2.10. The Balaban J connectivity index is 3.19. The van der Waals surface area contributed by atoms with Crippen LogP contribution in [0.2, 0.25) is 0 Å².